The lowest BCUT2D eigenvalue weighted by Crippen LogP contribution is -2.44. The zero-order valence-corrected chi connectivity index (χ0v) is 14.2. The summed E-state index contributed by atoms with van der Waals surface area (Å²) in [5, 5.41) is 22.9. The molecule has 9 heteroatoms. The van der Waals surface area contributed by atoms with Crippen LogP contribution in [0.25, 0.3) is 0 Å². The number of aryl methyl sites for hydroxylation is 1. The van der Waals surface area contributed by atoms with Crippen LogP contribution in [-0.4, -0.2) is 43.2 Å². The van der Waals surface area contributed by atoms with Gasteiger partial charge in [-0.15, -0.1) is 5.10 Å². The second-order valence-corrected chi connectivity index (χ2v) is 5.94. The maximum atomic E-state index is 13.1. The lowest BCUT2D eigenvalue weighted by Gasteiger charge is -2.22. The van der Waals surface area contributed by atoms with E-state index in [1.54, 1.807) is 26.0 Å². The number of amides is 1. The predicted octanol–water partition coefficient (Wildman–Crippen LogP) is 1.13. The number of hydrogen-bond acceptors (Lipinski definition) is 5. The van der Waals surface area contributed by atoms with E-state index in [1.165, 1.54) is 23.7 Å². The molecular weight excluding hydrogens is 329 g/mol. The van der Waals surface area contributed by atoms with Crippen LogP contribution >= 0.6 is 0 Å². The van der Waals surface area contributed by atoms with Crippen molar-refractivity contribution in [1.29, 1.82) is 0 Å². The van der Waals surface area contributed by atoms with Crippen molar-refractivity contribution in [3.05, 3.63) is 41.5 Å². The van der Waals surface area contributed by atoms with E-state index in [1.807, 2.05) is 0 Å². The number of benzene rings is 1. The fourth-order valence-corrected chi connectivity index (χ4v) is 2.32. The monoisotopic (exact) mass is 349 g/mol. The van der Waals surface area contributed by atoms with Gasteiger partial charge in [0.05, 0.1) is 5.92 Å². The van der Waals surface area contributed by atoms with Crippen molar-refractivity contribution < 1.29 is 19.1 Å². The quantitative estimate of drug-likeness (QED) is 0.775. The van der Waals surface area contributed by atoms with Gasteiger partial charge in [0.25, 0.3) is 0 Å². The molecule has 0 fully saturated rings. The fraction of sp³-hybridized carbons (Fsp3) is 0.438. The maximum Gasteiger partial charge on any atom is 0.308 e. The first-order valence-electron chi connectivity index (χ1n) is 7.81. The number of carboxylic acid groups (broad SMARTS) is 1. The normalized spacial score (nSPS) is 14.6. The summed E-state index contributed by atoms with van der Waals surface area (Å²) in [7, 11) is 0. The number of aliphatic carboxylic acids is 1. The molecule has 0 saturated heterocycles. The molecule has 25 heavy (non-hydrogen) atoms. The lowest BCUT2D eigenvalue weighted by molar-refractivity contribution is -0.142. The Bertz CT molecular complexity index is 746. The first-order valence-corrected chi connectivity index (χ1v) is 7.81. The minimum atomic E-state index is -0.999. The van der Waals surface area contributed by atoms with Crippen LogP contribution in [0.3, 0.4) is 0 Å². The summed E-state index contributed by atoms with van der Waals surface area (Å²) in [6.07, 6.45) is 0.242. The van der Waals surface area contributed by atoms with Gasteiger partial charge in [-0.1, -0.05) is 12.1 Å². The third kappa shape index (κ3) is 4.59. The summed E-state index contributed by atoms with van der Waals surface area (Å²) >= 11 is 0. The molecule has 0 aliphatic heterocycles. The first kappa shape index (κ1) is 18.5. The fourth-order valence-electron chi connectivity index (χ4n) is 2.32. The molecule has 134 valence electrons. The number of carboxylic acids is 1. The average Bonchev–Trinajstić information content (AvgIpc) is 2.99. The SMILES string of the molecule is Cc1nnnn1C(Cc1ccc(F)cc1)C(=O)NC(C)C(C)C(=O)O. The molecule has 0 saturated carbocycles. The van der Waals surface area contributed by atoms with Gasteiger partial charge >= 0.3 is 5.97 Å². The van der Waals surface area contributed by atoms with Gasteiger partial charge in [-0.2, -0.15) is 0 Å². The highest BCUT2D eigenvalue weighted by Crippen LogP contribution is 2.16. The van der Waals surface area contributed by atoms with E-state index < -0.39 is 29.9 Å². The Labute approximate surface area is 144 Å². The molecule has 0 aliphatic carbocycles. The van der Waals surface area contributed by atoms with Gasteiger partial charge in [-0.25, -0.2) is 9.07 Å². The molecule has 0 bridgehead atoms. The van der Waals surface area contributed by atoms with Gasteiger partial charge in [0.15, 0.2) is 0 Å². The summed E-state index contributed by atoms with van der Waals surface area (Å²) < 4.78 is 14.5. The maximum absolute atomic E-state index is 13.1. The number of carbonyl (C=O) groups excluding carboxylic acids is 1. The highest BCUT2D eigenvalue weighted by Gasteiger charge is 2.28. The van der Waals surface area contributed by atoms with Crippen LogP contribution < -0.4 is 5.32 Å². The molecule has 8 nitrogen and oxygen atoms in total. The van der Waals surface area contributed by atoms with Gasteiger partial charge < -0.3 is 10.4 Å². The van der Waals surface area contributed by atoms with E-state index in [4.69, 9.17) is 5.11 Å². The van der Waals surface area contributed by atoms with E-state index >= 15 is 0 Å². The Kier molecular flexibility index (Phi) is 5.79. The van der Waals surface area contributed by atoms with Crippen LogP contribution in [0.2, 0.25) is 0 Å². The Morgan fingerprint density at radius 3 is 2.44 bits per heavy atom. The molecule has 1 amide bonds. The summed E-state index contributed by atoms with van der Waals surface area (Å²) in [6, 6.07) is 4.44. The number of nitrogens with one attached hydrogen (secondary N) is 1. The van der Waals surface area contributed by atoms with Crippen molar-refractivity contribution >= 4 is 11.9 Å². The molecule has 2 aromatic rings. The van der Waals surface area contributed by atoms with Crippen LogP contribution in [0.1, 0.15) is 31.3 Å². The molecule has 3 atom stereocenters. The van der Waals surface area contributed by atoms with E-state index in [0.717, 1.165) is 5.56 Å². The van der Waals surface area contributed by atoms with E-state index in [-0.39, 0.29) is 12.2 Å². The number of nitrogens with zero attached hydrogens (tertiary/aromatic N) is 4. The predicted molar refractivity (Wildman–Crippen MR) is 86.1 cm³/mol. The number of hydrogen-bond donors (Lipinski definition) is 2. The average molecular weight is 349 g/mol. The number of halogens is 1. The molecule has 3 unspecified atom stereocenters. The van der Waals surface area contributed by atoms with Crippen molar-refractivity contribution in [2.75, 3.05) is 0 Å². The summed E-state index contributed by atoms with van der Waals surface area (Å²) in [5.41, 5.74) is 0.732. The van der Waals surface area contributed by atoms with Crippen molar-refractivity contribution in [2.24, 2.45) is 5.92 Å². The van der Waals surface area contributed by atoms with Crippen LogP contribution in [0.15, 0.2) is 24.3 Å². The highest BCUT2D eigenvalue weighted by atomic mass is 19.1. The van der Waals surface area contributed by atoms with Gasteiger partial charge in [0.1, 0.15) is 17.7 Å². The molecule has 1 heterocycles. The van der Waals surface area contributed by atoms with Crippen LogP contribution in [-0.2, 0) is 16.0 Å². The largest absolute Gasteiger partial charge is 0.481 e. The molecule has 0 spiro atoms. The number of aromatic nitrogens is 4. The third-order valence-electron chi connectivity index (χ3n) is 4.11. The van der Waals surface area contributed by atoms with Crippen molar-refractivity contribution in [3.63, 3.8) is 0 Å². The zero-order valence-electron chi connectivity index (χ0n) is 14.2. The Hall–Kier alpha value is -2.84. The molecule has 0 aliphatic rings. The molecule has 1 aromatic heterocycles. The molecular formula is C16H20FN5O3. The molecule has 2 N–H and O–H groups in total. The molecule has 1 aromatic carbocycles. The standard InChI is InChI=1S/C16H20FN5O3/c1-9(16(24)25)10(2)18-15(23)14(22-11(3)19-20-21-22)8-12-4-6-13(17)7-5-12/h4-7,9-10,14H,8H2,1-3H3,(H,18,23)(H,24,25). The van der Waals surface area contributed by atoms with E-state index in [9.17, 15) is 14.0 Å². The van der Waals surface area contributed by atoms with E-state index in [2.05, 4.69) is 20.8 Å². The summed E-state index contributed by atoms with van der Waals surface area (Å²) in [5.74, 6) is -2.07. The second-order valence-electron chi connectivity index (χ2n) is 5.94. The number of rotatable bonds is 7. The van der Waals surface area contributed by atoms with Gasteiger partial charge in [-0.3, -0.25) is 9.59 Å². The minimum Gasteiger partial charge on any atom is -0.481 e. The third-order valence-corrected chi connectivity index (χ3v) is 4.11. The zero-order chi connectivity index (χ0) is 18.6. The summed E-state index contributed by atoms with van der Waals surface area (Å²) in [4.78, 5) is 23.8. The minimum absolute atomic E-state index is 0.242. The van der Waals surface area contributed by atoms with Crippen LogP contribution in [0.5, 0.6) is 0 Å². The van der Waals surface area contributed by atoms with Gasteiger partial charge in [0.2, 0.25) is 5.91 Å². The molecule has 0 radical (unpaired) electrons. The smallest absolute Gasteiger partial charge is 0.308 e. The van der Waals surface area contributed by atoms with Crippen molar-refractivity contribution in [2.45, 2.75) is 39.3 Å². The van der Waals surface area contributed by atoms with Crippen molar-refractivity contribution in [3.8, 4) is 0 Å². The van der Waals surface area contributed by atoms with Crippen LogP contribution in [0.4, 0.5) is 4.39 Å². The van der Waals surface area contributed by atoms with Gasteiger partial charge in [-0.05, 0) is 48.9 Å². The topological polar surface area (TPSA) is 110 Å². The number of tetrazole rings is 1. The van der Waals surface area contributed by atoms with Crippen molar-refractivity contribution in [1.82, 2.24) is 25.5 Å². The Morgan fingerprint density at radius 1 is 1.28 bits per heavy atom. The van der Waals surface area contributed by atoms with Gasteiger partial charge in [0, 0.05) is 12.5 Å². The first-order chi connectivity index (χ1) is 11.8. The van der Waals surface area contributed by atoms with E-state index in [0.29, 0.717) is 5.82 Å². The lowest BCUT2D eigenvalue weighted by atomic mass is 10.0. The molecule has 2 rings (SSSR count). The number of carbonyl (C=O) groups is 2. The Balaban J connectivity index is 2.22. The van der Waals surface area contributed by atoms with Crippen LogP contribution in [0, 0.1) is 18.7 Å². The summed E-state index contributed by atoms with van der Waals surface area (Å²) in [6.45, 7) is 4.80. The Morgan fingerprint density at radius 2 is 1.92 bits per heavy atom. The second kappa shape index (κ2) is 7.82. The highest BCUT2D eigenvalue weighted by molar-refractivity contribution is 5.81.